The lowest BCUT2D eigenvalue weighted by Crippen LogP contribution is -2.27. The smallest absolute Gasteiger partial charge is 0.257 e. The van der Waals surface area contributed by atoms with Crippen molar-refractivity contribution in [2.75, 3.05) is 5.32 Å². The van der Waals surface area contributed by atoms with Crippen LogP contribution in [0.25, 0.3) is 0 Å². The van der Waals surface area contributed by atoms with Gasteiger partial charge in [-0.05, 0) is 58.7 Å². The van der Waals surface area contributed by atoms with Gasteiger partial charge in [0.05, 0.1) is 16.8 Å². The fraction of sp³-hybridized carbons (Fsp3) is 0.400. The molecule has 1 heterocycles. The van der Waals surface area contributed by atoms with E-state index < -0.39 is 0 Å². The number of carbonyl (C=O) groups is 2. The van der Waals surface area contributed by atoms with E-state index in [4.69, 9.17) is 0 Å². The number of hydrogen-bond donors (Lipinski definition) is 2. The second-order valence-electron chi connectivity index (χ2n) is 7.00. The van der Waals surface area contributed by atoms with Crippen molar-refractivity contribution < 1.29 is 9.59 Å². The molecule has 0 atom stereocenters. The minimum absolute atomic E-state index is 0.133. The van der Waals surface area contributed by atoms with Crippen LogP contribution in [0.2, 0.25) is 0 Å². The predicted octanol–water partition coefficient (Wildman–Crippen LogP) is 3.83. The van der Waals surface area contributed by atoms with Crippen molar-refractivity contribution in [3.8, 4) is 0 Å². The molecule has 0 spiro atoms. The monoisotopic (exact) mass is 339 g/mol. The molecule has 5 heteroatoms. The molecule has 132 valence electrons. The van der Waals surface area contributed by atoms with Crippen LogP contribution in [0.15, 0.2) is 30.3 Å². The van der Waals surface area contributed by atoms with Crippen LogP contribution < -0.4 is 10.6 Å². The third-order valence-corrected chi connectivity index (χ3v) is 4.58. The van der Waals surface area contributed by atoms with Gasteiger partial charge in [-0.25, -0.2) is 0 Å². The first-order valence-corrected chi connectivity index (χ1v) is 8.78. The quantitative estimate of drug-likeness (QED) is 0.869. The molecule has 1 aromatic carbocycles. The normalized spacial score (nSPS) is 13.8. The highest BCUT2D eigenvalue weighted by Gasteiger charge is 2.25. The molecule has 1 fully saturated rings. The number of aryl methyl sites for hydroxylation is 1. The Bertz CT molecular complexity index is 816. The van der Waals surface area contributed by atoms with Gasteiger partial charge in [-0.1, -0.05) is 12.1 Å². The van der Waals surface area contributed by atoms with Crippen LogP contribution in [0.1, 0.15) is 64.8 Å². The summed E-state index contributed by atoms with van der Waals surface area (Å²) in [6, 6.07) is 9.60. The maximum atomic E-state index is 12.8. The molecule has 0 bridgehead atoms. The van der Waals surface area contributed by atoms with Crippen LogP contribution in [0, 0.1) is 13.8 Å². The Hall–Kier alpha value is -2.56. The van der Waals surface area contributed by atoms with Crippen molar-refractivity contribution in [2.24, 2.45) is 0 Å². The Morgan fingerprint density at radius 2 is 1.76 bits per heavy atom. The second kappa shape index (κ2) is 6.75. The number of nitrogens with one attached hydrogen (secondary N) is 2. The minimum Gasteiger partial charge on any atom is -0.349 e. The maximum Gasteiger partial charge on any atom is 0.257 e. The lowest BCUT2D eigenvalue weighted by molar-refractivity contribution is 0.0952. The van der Waals surface area contributed by atoms with Gasteiger partial charge in [0.2, 0.25) is 0 Å². The van der Waals surface area contributed by atoms with E-state index in [9.17, 15) is 9.59 Å². The van der Waals surface area contributed by atoms with Crippen LogP contribution >= 0.6 is 0 Å². The zero-order valence-corrected chi connectivity index (χ0v) is 15.2. The van der Waals surface area contributed by atoms with Gasteiger partial charge in [0, 0.05) is 23.5 Å². The first-order valence-electron chi connectivity index (χ1n) is 8.78. The molecule has 25 heavy (non-hydrogen) atoms. The van der Waals surface area contributed by atoms with E-state index in [2.05, 4.69) is 29.0 Å². The Balaban J connectivity index is 1.84. The van der Waals surface area contributed by atoms with Gasteiger partial charge in [0.15, 0.2) is 0 Å². The van der Waals surface area contributed by atoms with E-state index in [0.717, 1.165) is 24.2 Å². The first kappa shape index (κ1) is 17.3. The Labute approximate surface area is 148 Å². The second-order valence-corrected chi connectivity index (χ2v) is 7.00. The van der Waals surface area contributed by atoms with Crippen LogP contribution in [-0.2, 0) is 0 Å². The van der Waals surface area contributed by atoms with E-state index in [1.54, 1.807) is 12.1 Å². The molecule has 0 radical (unpaired) electrons. The number of aromatic nitrogens is 1. The van der Waals surface area contributed by atoms with E-state index >= 15 is 0 Å². The predicted molar refractivity (Wildman–Crippen MR) is 99.2 cm³/mol. The zero-order chi connectivity index (χ0) is 18.1. The molecule has 0 unspecified atom stereocenters. The zero-order valence-electron chi connectivity index (χ0n) is 15.2. The lowest BCUT2D eigenvalue weighted by atomic mass is 10.1. The number of anilines is 1. The molecule has 2 N–H and O–H groups in total. The lowest BCUT2D eigenvalue weighted by Gasteiger charge is -2.14. The van der Waals surface area contributed by atoms with Gasteiger partial charge in [0.25, 0.3) is 11.8 Å². The standard InChI is InChI=1S/C20H25N3O2/c1-12(2)23-13(3)11-17(14(23)4)20(25)22-18-8-6-5-7-16(18)19(24)21-15-9-10-15/h5-8,11-12,15H,9-10H2,1-4H3,(H,21,24)(H,22,25). The molecule has 2 aromatic rings. The SMILES string of the molecule is Cc1cc(C(=O)Nc2ccccc2C(=O)NC2CC2)c(C)n1C(C)C. The van der Waals surface area contributed by atoms with Gasteiger partial charge in [-0.2, -0.15) is 0 Å². The number of para-hydroxylation sites is 1. The summed E-state index contributed by atoms with van der Waals surface area (Å²) < 4.78 is 2.14. The summed E-state index contributed by atoms with van der Waals surface area (Å²) in [6.07, 6.45) is 2.06. The number of nitrogens with zero attached hydrogens (tertiary/aromatic N) is 1. The van der Waals surface area contributed by atoms with E-state index in [1.807, 2.05) is 32.0 Å². The number of hydrogen-bond acceptors (Lipinski definition) is 2. The highest BCUT2D eigenvalue weighted by atomic mass is 16.2. The molecule has 0 aliphatic heterocycles. The molecular formula is C20H25N3O2. The number of carbonyl (C=O) groups excluding carboxylic acids is 2. The van der Waals surface area contributed by atoms with E-state index in [-0.39, 0.29) is 23.9 Å². The van der Waals surface area contributed by atoms with Gasteiger partial charge in [0.1, 0.15) is 0 Å². The summed E-state index contributed by atoms with van der Waals surface area (Å²) in [6.45, 7) is 8.15. The largest absolute Gasteiger partial charge is 0.349 e. The van der Waals surface area contributed by atoms with Crippen LogP contribution in [0.4, 0.5) is 5.69 Å². The molecule has 5 nitrogen and oxygen atoms in total. The molecule has 1 saturated carbocycles. The van der Waals surface area contributed by atoms with E-state index in [0.29, 0.717) is 16.8 Å². The third-order valence-electron chi connectivity index (χ3n) is 4.58. The Morgan fingerprint density at radius 1 is 1.08 bits per heavy atom. The average Bonchev–Trinajstić information content (AvgIpc) is 3.30. The minimum atomic E-state index is -0.188. The van der Waals surface area contributed by atoms with Crippen molar-refractivity contribution in [3.63, 3.8) is 0 Å². The molecule has 0 saturated heterocycles. The number of benzene rings is 1. The number of rotatable bonds is 5. The van der Waals surface area contributed by atoms with Crippen molar-refractivity contribution in [2.45, 2.75) is 52.6 Å². The van der Waals surface area contributed by atoms with Gasteiger partial charge in [-0.15, -0.1) is 0 Å². The molecule has 1 aliphatic rings. The number of amides is 2. The highest BCUT2D eigenvalue weighted by Crippen LogP contribution is 2.24. The van der Waals surface area contributed by atoms with Crippen LogP contribution in [0.3, 0.4) is 0 Å². The van der Waals surface area contributed by atoms with Gasteiger partial charge < -0.3 is 15.2 Å². The average molecular weight is 339 g/mol. The van der Waals surface area contributed by atoms with Crippen LogP contribution in [0.5, 0.6) is 0 Å². The molecule has 3 rings (SSSR count). The van der Waals surface area contributed by atoms with Gasteiger partial charge in [-0.3, -0.25) is 9.59 Å². The first-order chi connectivity index (χ1) is 11.9. The summed E-state index contributed by atoms with van der Waals surface area (Å²) in [7, 11) is 0. The maximum absolute atomic E-state index is 12.8. The molecule has 2 amide bonds. The van der Waals surface area contributed by atoms with Crippen molar-refractivity contribution in [3.05, 3.63) is 52.8 Å². The van der Waals surface area contributed by atoms with Crippen molar-refractivity contribution in [1.82, 2.24) is 9.88 Å². The summed E-state index contributed by atoms with van der Waals surface area (Å²) in [5.41, 5.74) is 3.67. The fourth-order valence-electron chi connectivity index (χ4n) is 3.27. The topological polar surface area (TPSA) is 63.1 Å². The summed E-state index contributed by atoms with van der Waals surface area (Å²) >= 11 is 0. The molecular weight excluding hydrogens is 314 g/mol. The highest BCUT2D eigenvalue weighted by molar-refractivity contribution is 6.09. The van der Waals surface area contributed by atoms with Gasteiger partial charge >= 0.3 is 0 Å². The van der Waals surface area contributed by atoms with Crippen LogP contribution in [-0.4, -0.2) is 22.4 Å². The fourth-order valence-corrected chi connectivity index (χ4v) is 3.27. The summed E-state index contributed by atoms with van der Waals surface area (Å²) in [5, 5.41) is 5.88. The summed E-state index contributed by atoms with van der Waals surface area (Å²) in [4.78, 5) is 25.2. The molecule has 1 aromatic heterocycles. The molecule has 1 aliphatic carbocycles. The van der Waals surface area contributed by atoms with Crippen molar-refractivity contribution in [1.29, 1.82) is 0 Å². The summed E-state index contributed by atoms with van der Waals surface area (Å²) in [5.74, 6) is -0.322. The van der Waals surface area contributed by atoms with Crippen molar-refractivity contribution >= 4 is 17.5 Å². The van der Waals surface area contributed by atoms with E-state index in [1.165, 1.54) is 0 Å². The Morgan fingerprint density at radius 3 is 2.36 bits per heavy atom. The third kappa shape index (κ3) is 3.60. The Kier molecular flexibility index (Phi) is 4.66.